The van der Waals surface area contributed by atoms with Crippen LogP contribution in [0.15, 0.2) is 60.7 Å². The van der Waals surface area contributed by atoms with E-state index in [0.29, 0.717) is 11.4 Å². The van der Waals surface area contributed by atoms with Gasteiger partial charge in [0, 0.05) is 0 Å². The van der Waals surface area contributed by atoms with Crippen LogP contribution in [0.5, 0.6) is 0 Å². The number of amides is 4. The van der Waals surface area contributed by atoms with Crippen molar-refractivity contribution in [2.45, 2.75) is 13.8 Å². The van der Waals surface area contributed by atoms with E-state index in [1.165, 1.54) is 0 Å². The van der Waals surface area contributed by atoms with Gasteiger partial charge in [-0.05, 0) is 30.2 Å². The average molecular weight is 322 g/mol. The van der Waals surface area contributed by atoms with Crippen LogP contribution in [0.4, 0.5) is 16.2 Å². The van der Waals surface area contributed by atoms with E-state index in [-0.39, 0.29) is 5.92 Å². The van der Waals surface area contributed by atoms with Crippen molar-refractivity contribution in [1.82, 2.24) is 0 Å². The monoisotopic (exact) mass is 322 g/mol. The van der Waals surface area contributed by atoms with Crippen LogP contribution in [0.2, 0.25) is 0 Å². The zero-order valence-electron chi connectivity index (χ0n) is 13.5. The smallest absolute Gasteiger partial charge is 0.273 e. The van der Waals surface area contributed by atoms with Crippen molar-refractivity contribution in [3.8, 4) is 0 Å². The summed E-state index contributed by atoms with van der Waals surface area (Å²) < 4.78 is 0. The predicted octanol–water partition coefficient (Wildman–Crippen LogP) is 3.46. The van der Waals surface area contributed by atoms with E-state index in [2.05, 4.69) is 0 Å². The highest BCUT2D eigenvalue weighted by Gasteiger charge is 2.48. The number of para-hydroxylation sites is 2. The van der Waals surface area contributed by atoms with Crippen molar-refractivity contribution in [2.75, 3.05) is 9.80 Å². The molecule has 0 aromatic heterocycles. The van der Waals surface area contributed by atoms with Gasteiger partial charge < -0.3 is 0 Å². The molecule has 0 atom stereocenters. The fourth-order valence-electron chi connectivity index (χ4n) is 2.87. The third kappa shape index (κ3) is 2.58. The van der Waals surface area contributed by atoms with Crippen LogP contribution in [0.1, 0.15) is 13.8 Å². The van der Waals surface area contributed by atoms with E-state index < -0.39 is 23.8 Å². The Kier molecular flexibility index (Phi) is 4.16. The second-order valence-corrected chi connectivity index (χ2v) is 6.02. The molecule has 0 bridgehead atoms. The van der Waals surface area contributed by atoms with Crippen molar-refractivity contribution in [1.29, 1.82) is 0 Å². The SMILES string of the molecule is CC(C)C1C(=O)N(c2ccccc2)C(=O)N(c2ccccc2)C1=O. The average Bonchev–Trinajstić information content (AvgIpc) is 2.56. The number of urea groups is 1. The molecule has 0 spiro atoms. The number of anilines is 2. The minimum Gasteiger partial charge on any atom is -0.273 e. The first-order valence-corrected chi connectivity index (χ1v) is 7.84. The summed E-state index contributed by atoms with van der Waals surface area (Å²) in [5, 5.41) is 0. The normalized spacial score (nSPS) is 16.2. The van der Waals surface area contributed by atoms with Crippen LogP contribution in [-0.2, 0) is 9.59 Å². The predicted molar refractivity (Wildman–Crippen MR) is 91.6 cm³/mol. The molecule has 0 unspecified atom stereocenters. The largest absolute Gasteiger partial charge is 0.342 e. The maximum Gasteiger partial charge on any atom is 0.342 e. The second kappa shape index (κ2) is 6.28. The molecular formula is C19H18N2O3. The summed E-state index contributed by atoms with van der Waals surface area (Å²) in [5.41, 5.74) is 0.929. The third-order valence-electron chi connectivity index (χ3n) is 4.05. The highest BCUT2D eigenvalue weighted by atomic mass is 16.2. The number of barbiturate groups is 1. The minimum absolute atomic E-state index is 0.212. The Labute approximate surface area is 140 Å². The standard InChI is InChI=1S/C19H18N2O3/c1-13(2)16-17(22)20(14-9-5-3-6-10-14)19(24)21(18(16)23)15-11-7-4-8-12-15/h3-13,16H,1-2H3. The lowest BCUT2D eigenvalue weighted by molar-refractivity contribution is -0.134. The maximum atomic E-state index is 12.9. The Bertz CT molecular complexity index is 710. The molecule has 5 nitrogen and oxygen atoms in total. The van der Waals surface area contributed by atoms with Crippen LogP contribution in [0.25, 0.3) is 0 Å². The lowest BCUT2D eigenvalue weighted by Crippen LogP contribution is -2.61. The molecule has 24 heavy (non-hydrogen) atoms. The number of benzene rings is 2. The van der Waals surface area contributed by atoms with Gasteiger partial charge in [-0.3, -0.25) is 9.59 Å². The van der Waals surface area contributed by atoms with Gasteiger partial charge in [0.05, 0.1) is 11.4 Å². The van der Waals surface area contributed by atoms with Crippen molar-refractivity contribution in [3.63, 3.8) is 0 Å². The van der Waals surface area contributed by atoms with Crippen LogP contribution >= 0.6 is 0 Å². The molecule has 2 aromatic rings. The summed E-state index contributed by atoms with van der Waals surface area (Å²) in [4.78, 5) is 40.8. The number of carbonyl (C=O) groups excluding carboxylic acids is 3. The lowest BCUT2D eigenvalue weighted by atomic mass is 9.90. The minimum atomic E-state index is -0.886. The zero-order valence-corrected chi connectivity index (χ0v) is 13.5. The molecule has 5 heteroatoms. The summed E-state index contributed by atoms with van der Waals surface area (Å²) in [6, 6.07) is 16.7. The molecule has 0 aliphatic carbocycles. The number of imide groups is 2. The van der Waals surface area contributed by atoms with Crippen LogP contribution in [0, 0.1) is 11.8 Å². The van der Waals surface area contributed by atoms with Crippen LogP contribution in [-0.4, -0.2) is 17.8 Å². The van der Waals surface area contributed by atoms with Gasteiger partial charge >= 0.3 is 6.03 Å². The quantitative estimate of drug-likeness (QED) is 0.813. The Hall–Kier alpha value is -2.95. The van der Waals surface area contributed by atoms with E-state index in [1.807, 2.05) is 26.0 Å². The van der Waals surface area contributed by atoms with Crippen molar-refractivity contribution in [2.24, 2.45) is 11.8 Å². The highest BCUT2D eigenvalue weighted by Crippen LogP contribution is 2.31. The Balaban J connectivity index is 2.12. The van der Waals surface area contributed by atoms with Gasteiger partial charge in [-0.25, -0.2) is 14.6 Å². The van der Waals surface area contributed by atoms with Crippen LogP contribution < -0.4 is 9.80 Å². The molecule has 0 saturated carbocycles. The first-order chi connectivity index (χ1) is 11.5. The molecule has 1 heterocycles. The van der Waals surface area contributed by atoms with E-state index in [0.717, 1.165) is 9.80 Å². The fraction of sp³-hybridized carbons (Fsp3) is 0.211. The van der Waals surface area contributed by atoms with E-state index in [9.17, 15) is 14.4 Å². The fourth-order valence-corrected chi connectivity index (χ4v) is 2.87. The number of carbonyl (C=O) groups is 3. The molecule has 0 N–H and O–H groups in total. The molecule has 0 radical (unpaired) electrons. The first kappa shape index (κ1) is 15.9. The summed E-state index contributed by atoms with van der Waals surface area (Å²) >= 11 is 0. The molecule has 1 saturated heterocycles. The van der Waals surface area contributed by atoms with Gasteiger partial charge in [0.25, 0.3) is 0 Å². The van der Waals surface area contributed by atoms with Gasteiger partial charge in [0.2, 0.25) is 11.8 Å². The molecule has 122 valence electrons. The first-order valence-electron chi connectivity index (χ1n) is 7.84. The number of rotatable bonds is 3. The van der Waals surface area contributed by atoms with Gasteiger partial charge in [0.1, 0.15) is 5.92 Å². The summed E-state index contributed by atoms with van der Waals surface area (Å²) in [7, 11) is 0. The van der Waals surface area contributed by atoms with E-state index in [1.54, 1.807) is 48.5 Å². The zero-order chi connectivity index (χ0) is 17.3. The number of hydrogen-bond donors (Lipinski definition) is 0. The summed E-state index contributed by atoms with van der Waals surface area (Å²) in [6.45, 7) is 3.62. The number of nitrogens with zero attached hydrogens (tertiary/aromatic N) is 2. The highest BCUT2D eigenvalue weighted by molar-refractivity contribution is 6.36. The molecule has 4 amide bonds. The Morgan fingerprint density at radius 2 is 1.08 bits per heavy atom. The Morgan fingerprint density at radius 1 is 0.708 bits per heavy atom. The van der Waals surface area contributed by atoms with Gasteiger partial charge in [0.15, 0.2) is 0 Å². The molecule has 3 rings (SSSR count). The van der Waals surface area contributed by atoms with Crippen molar-refractivity contribution >= 4 is 29.2 Å². The lowest BCUT2D eigenvalue weighted by Gasteiger charge is -2.38. The third-order valence-corrected chi connectivity index (χ3v) is 4.05. The second-order valence-electron chi connectivity index (χ2n) is 6.02. The molecule has 1 aliphatic rings. The van der Waals surface area contributed by atoms with Crippen molar-refractivity contribution in [3.05, 3.63) is 60.7 Å². The molecule has 2 aromatic carbocycles. The van der Waals surface area contributed by atoms with Gasteiger partial charge in [-0.2, -0.15) is 0 Å². The van der Waals surface area contributed by atoms with Crippen LogP contribution in [0.3, 0.4) is 0 Å². The maximum absolute atomic E-state index is 12.9. The van der Waals surface area contributed by atoms with E-state index in [4.69, 9.17) is 0 Å². The molecule has 1 aliphatic heterocycles. The van der Waals surface area contributed by atoms with E-state index >= 15 is 0 Å². The Morgan fingerprint density at radius 3 is 1.42 bits per heavy atom. The molecule has 1 fully saturated rings. The van der Waals surface area contributed by atoms with Gasteiger partial charge in [-0.1, -0.05) is 50.2 Å². The van der Waals surface area contributed by atoms with Gasteiger partial charge in [-0.15, -0.1) is 0 Å². The number of hydrogen-bond acceptors (Lipinski definition) is 3. The molecular weight excluding hydrogens is 304 g/mol. The summed E-state index contributed by atoms with van der Waals surface area (Å²) in [5.74, 6) is -2.05. The van der Waals surface area contributed by atoms with Crippen molar-refractivity contribution < 1.29 is 14.4 Å². The topological polar surface area (TPSA) is 57.7 Å². The summed E-state index contributed by atoms with van der Waals surface area (Å²) in [6.07, 6.45) is 0.